The molecule has 1 aliphatic rings. The van der Waals surface area contributed by atoms with Crippen molar-refractivity contribution in [2.75, 3.05) is 65.9 Å². The first kappa shape index (κ1) is 54.6. The van der Waals surface area contributed by atoms with Gasteiger partial charge in [-0.25, -0.2) is 4.79 Å². The number of nitrogens with zero attached hydrogens (tertiary/aromatic N) is 1. The summed E-state index contributed by atoms with van der Waals surface area (Å²) in [5.41, 5.74) is 0. The largest absolute Gasteiger partial charge is 0.508 e. The number of carbonyl (C=O) groups excluding carboxylic acids is 4. The highest BCUT2D eigenvalue weighted by atomic mass is 16.7. The van der Waals surface area contributed by atoms with Crippen LogP contribution in [0, 0.1) is 23.7 Å². The predicted molar refractivity (Wildman–Crippen MR) is 235 cm³/mol. The lowest BCUT2D eigenvalue weighted by atomic mass is 9.99. The number of likely N-dealkylation sites (tertiary alicyclic amines) is 1. The molecule has 0 amide bonds. The molecule has 1 aliphatic heterocycles. The van der Waals surface area contributed by atoms with Gasteiger partial charge in [-0.2, -0.15) is 0 Å². The number of carbonyl (C=O) groups is 4. The minimum Gasteiger partial charge on any atom is -0.465 e. The third kappa shape index (κ3) is 33.3. The molecular weight excluding hydrogens is 767 g/mol. The zero-order valence-electron chi connectivity index (χ0n) is 37.9. The summed E-state index contributed by atoms with van der Waals surface area (Å²) < 4.78 is 39.3. The first-order valence-corrected chi connectivity index (χ1v) is 23.3. The normalized spacial score (nSPS) is 14.8. The van der Waals surface area contributed by atoms with Gasteiger partial charge in [0.1, 0.15) is 26.4 Å². The van der Waals surface area contributed by atoms with Crippen molar-refractivity contribution in [3.8, 4) is 11.8 Å². The summed E-state index contributed by atoms with van der Waals surface area (Å²) in [5.74, 6) is 4.62. The van der Waals surface area contributed by atoms with E-state index in [1.165, 1.54) is 0 Å². The van der Waals surface area contributed by atoms with Crippen molar-refractivity contribution in [1.82, 2.24) is 4.90 Å². The molecular formula is C48H81NO11. The van der Waals surface area contributed by atoms with E-state index in [2.05, 4.69) is 68.7 Å². The number of hydrogen-bond acceptors (Lipinski definition) is 12. The van der Waals surface area contributed by atoms with Crippen LogP contribution >= 0.6 is 0 Å². The highest BCUT2D eigenvalue weighted by molar-refractivity contribution is 5.70. The fourth-order valence-electron chi connectivity index (χ4n) is 6.32. The van der Waals surface area contributed by atoms with Gasteiger partial charge in [-0.05, 0) is 96.6 Å². The van der Waals surface area contributed by atoms with Crippen molar-refractivity contribution >= 4 is 24.1 Å². The number of allylic oxidation sites excluding steroid dienone is 4. The minimum atomic E-state index is -0.801. The van der Waals surface area contributed by atoms with Gasteiger partial charge in [0.25, 0.3) is 0 Å². The number of ether oxygens (including phenoxy) is 7. The molecule has 1 heterocycles. The Morgan fingerprint density at radius 3 is 1.85 bits per heavy atom. The number of rotatable bonds is 36. The second-order valence-electron chi connectivity index (χ2n) is 15.5. The fourth-order valence-corrected chi connectivity index (χ4v) is 6.32. The quantitative estimate of drug-likeness (QED) is 0.0148. The summed E-state index contributed by atoms with van der Waals surface area (Å²) in [5, 5.41) is 0. The van der Waals surface area contributed by atoms with Gasteiger partial charge in [0.2, 0.25) is 0 Å². The molecule has 0 spiro atoms. The van der Waals surface area contributed by atoms with Crippen molar-refractivity contribution in [1.29, 1.82) is 0 Å². The first-order valence-electron chi connectivity index (χ1n) is 23.3. The summed E-state index contributed by atoms with van der Waals surface area (Å²) in [4.78, 5) is 52.5. The van der Waals surface area contributed by atoms with Crippen LogP contribution in [0.3, 0.4) is 0 Å². The number of hydrogen-bond donors (Lipinski definition) is 0. The van der Waals surface area contributed by atoms with E-state index in [0.29, 0.717) is 51.9 Å². The van der Waals surface area contributed by atoms with Gasteiger partial charge in [-0.3, -0.25) is 14.4 Å². The molecule has 0 aromatic rings. The molecule has 12 heteroatoms. The van der Waals surface area contributed by atoms with E-state index >= 15 is 0 Å². The highest BCUT2D eigenvalue weighted by Crippen LogP contribution is 2.17. The molecule has 2 unspecified atom stereocenters. The molecule has 0 aromatic heterocycles. The maximum atomic E-state index is 13.0. The monoisotopic (exact) mass is 848 g/mol. The topological polar surface area (TPSA) is 136 Å². The first-order chi connectivity index (χ1) is 29.3. The van der Waals surface area contributed by atoms with Crippen LogP contribution in [0.15, 0.2) is 24.3 Å². The van der Waals surface area contributed by atoms with Crippen LogP contribution in [0.5, 0.6) is 0 Å². The van der Waals surface area contributed by atoms with Crippen molar-refractivity contribution in [3.05, 3.63) is 24.3 Å². The lowest BCUT2D eigenvalue weighted by Gasteiger charge is -2.31. The predicted octanol–water partition coefficient (Wildman–Crippen LogP) is 10.1. The molecule has 0 N–H and O–H groups in total. The maximum Gasteiger partial charge on any atom is 0.508 e. The van der Waals surface area contributed by atoms with Crippen molar-refractivity contribution < 1.29 is 52.3 Å². The summed E-state index contributed by atoms with van der Waals surface area (Å²) >= 11 is 0. The van der Waals surface area contributed by atoms with Gasteiger partial charge in [0.15, 0.2) is 6.29 Å². The molecule has 1 fully saturated rings. The lowest BCUT2D eigenvalue weighted by molar-refractivity contribution is -0.161. The molecule has 12 nitrogen and oxygen atoms in total. The average Bonchev–Trinajstić information content (AvgIpc) is 3.25. The molecule has 0 aliphatic carbocycles. The van der Waals surface area contributed by atoms with Crippen LogP contribution in [-0.2, 0) is 47.5 Å². The number of piperidine rings is 1. The third-order valence-corrected chi connectivity index (χ3v) is 9.94. The molecule has 0 aromatic carbocycles. The van der Waals surface area contributed by atoms with Gasteiger partial charge in [0.05, 0.1) is 18.9 Å². The van der Waals surface area contributed by atoms with E-state index in [-0.39, 0.29) is 57.6 Å². The second kappa shape index (κ2) is 39.7. The minimum absolute atomic E-state index is 0.0788. The van der Waals surface area contributed by atoms with Crippen LogP contribution in [-0.4, -0.2) is 101 Å². The maximum absolute atomic E-state index is 13.0. The van der Waals surface area contributed by atoms with Crippen LogP contribution in [0.2, 0.25) is 0 Å². The Labute approximate surface area is 363 Å². The van der Waals surface area contributed by atoms with Crippen molar-refractivity contribution in [2.45, 2.75) is 169 Å². The van der Waals surface area contributed by atoms with Crippen molar-refractivity contribution in [3.63, 3.8) is 0 Å². The van der Waals surface area contributed by atoms with Gasteiger partial charge < -0.3 is 38.1 Å². The SMILES string of the molecule is CC/C=C\CCCCOC(CCC(=O)OCC(COC(=O)CCCCCC(=O)OCCC#CCCCC)COC(=O)OCC1CCCN(CC)C1)OCCCC/C=C\CC. The van der Waals surface area contributed by atoms with E-state index in [9.17, 15) is 19.2 Å². The Kier molecular flexibility index (Phi) is 36.2. The Morgan fingerprint density at radius 1 is 0.633 bits per heavy atom. The molecule has 2 atom stereocenters. The van der Waals surface area contributed by atoms with E-state index < -0.39 is 30.3 Å². The molecule has 0 radical (unpaired) electrons. The molecule has 0 saturated carbocycles. The smallest absolute Gasteiger partial charge is 0.465 e. The van der Waals surface area contributed by atoms with Crippen LogP contribution in [0.4, 0.5) is 4.79 Å². The third-order valence-electron chi connectivity index (χ3n) is 9.94. The van der Waals surface area contributed by atoms with E-state index in [1.807, 2.05) is 0 Å². The summed E-state index contributed by atoms with van der Waals surface area (Å²) in [7, 11) is 0. The van der Waals surface area contributed by atoms with Crippen LogP contribution in [0.1, 0.15) is 163 Å². The lowest BCUT2D eigenvalue weighted by Crippen LogP contribution is -2.37. The average molecular weight is 848 g/mol. The second-order valence-corrected chi connectivity index (χ2v) is 15.5. The number of unbranched alkanes of at least 4 members (excludes halogenated alkanes) is 8. The van der Waals surface area contributed by atoms with Gasteiger partial charge >= 0.3 is 24.1 Å². The van der Waals surface area contributed by atoms with Crippen LogP contribution in [0.25, 0.3) is 0 Å². The molecule has 1 saturated heterocycles. The Balaban J connectivity index is 2.61. The molecule has 0 bridgehead atoms. The Hall–Kier alpha value is -3.40. The standard InChI is InChI=1S/C48H81NO11/c1-5-9-12-15-18-24-34-54-44(50)29-22-21-23-30-45(51)57-39-43(41-60-48(53)59-38-42-28-27-33-49(8-4)37-42)40-58-46(52)31-32-47(55-35-25-19-16-13-10-6-2)56-36-26-20-17-14-11-7-3/h10-11,13-14,42-43,47H,5-9,12,16-17,19-41H2,1-4H3/b13-10-,14-11-. The highest BCUT2D eigenvalue weighted by Gasteiger charge is 2.23. The summed E-state index contributed by atoms with van der Waals surface area (Å²) in [6, 6.07) is 0. The molecule has 60 heavy (non-hydrogen) atoms. The molecule has 1 rings (SSSR count). The molecule has 344 valence electrons. The van der Waals surface area contributed by atoms with Gasteiger partial charge in [-0.1, -0.05) is 70.8 Å². The fraction of sp³-hybridized carbons (Fsp3) is 0.792. The zero-order valence-corrected chi connectivity index (χ0v) is 37.9. The van der Waals surface area contributed by atoms with Gasteiger partial charge in [-0.15, -0.1) is 5.92 Å². The van der Waals surface area contributed by atoms with Crippen molar-refractivity contribution in [2.24, 2.45) is 11.8 Å². The Morgan fingerprint density at radius 2 is 1.23 bits per heavy atom. The number of esters is 3. The summed E-state index contributed by atoms with van der Waals surface area (Å²) in [6.45, 7) is 12.7. The van der Waals surface area contributed by atoms with E-state index in [0.717, 1.165) is 103 Å². The Bertz CT molecular complexity index is 1200. The van der Waals surface area contributed by atoms with E-state index in [1.54, 1.807) is 0 Å². The van der Waals surface area contributed by atoms with Gasteiger partial charge in [0, 0.05) is 57.8 Å². The zero-order chi connectivity index (χ0) is 43.7. The van der Waals surface area contributed by atoms with E-state index in [4.69, 9.17) is 33.2 Å². The summed E-state index contributed by atoms with van der Waals surface area (Å²) in [6.07, 6.45) is 23.6. The van der Waals surface area contributed by atoms with Crippen LogP contribution < -0.4 is 0 Å².